The van der Waals surface area contributed by atoms with Crippen molar-refractivity contribution in [2.45, 2.75) is 235 Å². The zero-order valence-corrected chi connectivity index (χ0v) is 84.6. The standard InChI is InChI=1S/C83H137N33O20S6/c1-7-42(6)62-78(136)114-56-38-141-138-35-53(112-70(128)51(31-43-16-9-8-10-17-43)101-58(117)32-99-63(121)45(19-12-26-95-80(86)87)103-68(126)49(107-74(56)132)23-24-60(119)120)72(130)105-47(21-14-28-97-82(90)91)66(124)109-54-36-139-142-39-57(76(134)116-62)110-67(125)48(22-15-29-98-83(92)93)106-73(131)55-37-140-137-34-52(111-69(127)50(30-40(2)3)108-75(54)133)71(129)104-46(20-13-27-96-81(88)89)65(123)102-44(18-11-25-94-79(84)85)64(122)100-33-59(118)115-61(41(4)5)77(135)113-55/h8-10,16-17,40-42,44-57,61-62H,7,11-15,18-39H2,1-6H3,(H,99,121)(H,100,122)(H,101,117)(H,102,123)(H,103,126)(H,104,129)(H,105,130)(H,106,131)(H,107,132)(H,108,133)(H,109,124)(H,110,125)(H,111,127)(H,112,128)(H,113,135)(H,114,136)(H,115,118)(H,116,134)(H,119,120)(H4,84,85,94)(H4,86,87,95)(H4,88,89,96)(H4,90,91,97)(H4,92,93,98)/t42-,44-,45-,46-,47-,48-,49-,50-,51-,52-,53-,54-,55-,56-,57-,61-,62-/m0/s1. The maximum Gasteiger partial charge on any atom is 0.303 e. The summed E-state index contributed by atoms with van der Waals surface area (Å²) in [5.41, 5.74) is 28.5. The van der Waals surface area contributed by atoms with Crippen molar-refractivity contribution in [3.05, 3.63) is 35.9 Å². The van der Waals surface area contributed by atoms with E-state index < -0.39 is 317 Å². The molecule has 17 atom stereocenters. The van der Waals surface area contributed by atoms with Crippen molar-refractivity contribution in [2.75, 3.05) is 80.3 Å². The Labute approximate surface area is 844 Å². The molecule has 0 radical (unpaired) electrons. The largest absolute Gasteiger partial charge is 0.481 e. The Morgan fingerprint density at radius 2 is 0.606 bits per heavy atom. The summed E-state index contributed by atoms with van der Waals surface area (Å²) in [6.07, 6.45) is -3.41. The van der Waals surface area contributed by atoms with E-state index in [0.29, 0.717) is 5.56 Å². The van der Waals surface area contributed by atoms with Crippen LogP contribution >= 0.6 is 64.8 Å². The molecule has 6 bridgehead atoms. The number of hydrogen-bond acceptors (Lipinski definition) is 30. The molecule has 4 aliphatic heterocycles. The maximum absolute atomic E-state index is 15.7. The van der Waals surface area contributed by atoms with Gasteiger partial charge in [0.1, 0.15) is 96.7 Å². The van der Waals surface area contributed by atoms with Crippen LogP contribution in [-0.2, 0) is 97.5 Å². The Balaban J connectivity index is 1.87. The number of fused-ring (bicyclic) bond motifs is 15. The molecule has 4 saturated heterocycles. The lowest BCUT2D eigenvalue weighted by Gasteiger charge is -2.30. The second-order valence-corrected chi connectivity index (χ2v) is 42.0. The SMILES string of the molecule is CC[C@H](C)[C@@H]1NC(=O)[C@@H]2CSSC[C@H](NC(=O)[C@H](CCCNC(=N)N)NC(=O)[C@@H]3CSSC[C@H](NC1=O)C(=O)N[C@@H](CCC(=O)O)C(=O)N[C@@H](CCCNC(=N)N)C(=O)NCC(=O)N[C@@H](Cc1ccccc1)C(=O)N3)C(=O)N[C@@H](CC(C)C)C(=O)N[C@H]1CSSC[C@H](NC(=O)[C@H](C(C)C)NC(=O)CNC(=O)[C@H](CCCNC(=N)N)NC(=O)[C@H](CCCNC(=N)N)NC1=O)C(=O)N[C@@H](CCCNC(=N)N)C(=O)N2. The molecule has 0 aliphatic carbocycles. The van der Waals surface area contributed by atoms with Crippen molar-refractivity contribution in [1.82, 2.24) is 122 Å². The second-order valence-electron chi connectivity index (χ2n) is 34.4. The number of benzene rings is 1. The van der Waals surface area contributed by atoms with Crippen LogP contribution in [0.3, 0.4) is 0 Å². The van der Waals surface area contributed by atoms with Crippen LogP contribution in [0, 0.1) is 44.8 Å². The first-order chi connectivity index (χ1) is 67.3. The molecule has 53 nitrogen and oxygen atoms in total. The monoisotopic (exact) mass is 2110 g/mol. The van der Waals surface area contributed by atoms with E-state index >= 15 is 52.7 Å². The van der Waals surface area contributed by atoms with Gasteiger partial charge in [-0.15, -0.1) is 0 Å². The van der Waals surface area contributed by atoms with Gasteiger partial charge in [-0.05, 0) is 100 Å². The lowest BCUT2D eigenvalue weighted by molar-refractivity contribution is -0.138. The van der Waals surface area contributed by atoms with E-state index in [4.69, 9.17) is 55.7 Å². The average Bonchev–Trinajstić information content (AvgIpc) is 0.856. The third-order valence-electron chi connectivity index (χ3n) is 22.0. The van der Waals surface area contributed by atoms with Crippen LogP contribution in [0.2, 0.25) is 0 Å². The summed E-state index contributed by atoms with van der Waals surface area (Å²) in [7, 11) is 4.75. The predicted molar refractivity (Wildman–Crippen MR) is 538 cm³/mol. The number of aliphatic carboxylic acids is 1. The lowest BCUT2D eigenvalue weighted by Crippen LogP contribution is -2.62. The van der Waals surface area contributed by atoms with Gasteiger partial charge in [0.2, 0.25) is 106 Å². The minimum Gasteiger partial charge on any atom is -0.481 e. The highest BCUT2D eigenvalue weighted by atomic mass is 33.1. The van der Waals surface area contributed by atoms with Crippen molar-refractivity contribution >= 4 is 207 Å². The first-order valence-corrected chi connectivity index (χ1v) is 53.6. The number of amides is 18. The molecule has 1 aromatic rings. The van der Waals surface area contributed by atoms with Crippen molar-refractivity contribution < 1.29 is 96.2 Å². The number of carbonyl (C=O) groups is 19. The molecule has 0 aromatic heterocycles. The zero-order valence-electron chi connectivity index (χ0n) is 79.7. The van der Waals surface area contributed by atoms with E-state index in [9.17, 15) is 43.5 Å². The minimum absolute atomic E-state index is 0.00176. The fourth-order valence-electron chi connectivity index (χ4n) is 14.1. The van der Waals surface area contributed by atoms with Gasteiger partial charge in [-0.1, -0.05) is 143 Å². The molecule has 39 N–H and O–H groups in total. The van der Waals surface area contributed by atoms with Gasteiger partial charge >= 0.3 is 5.97 Å². The van der Waals surface area contributed by atoms with Gasteiger partial charge < -0.3 is 156 Å². The topological polar surface area (TPSA) is 871 Å². The number of rotatable bonds is 30. The molecular formula is C83H137N33O20S6. The number of carboxylic acid groups (broad SMARTS) is 1. The Morgan fingerprint density at radius 3 is 0.915 bits per heavy atom. The lowest BCUT2D eigenvalue weighted by atomic mass is 9.97. The summed E-state index contributed by atoms with van der Waals surface area (Å²) in [4.78, 5) is 284. The Morgan fingerprint density at radius 1 is 0.338 bits per heavy atom. The zero-order chi connectivity index (χ0) is 105. The fourth-order valence-corrected chi connectivity index (χ4v) is 21.1. The minimum atomic E-state index is -1.84. The Kier molecular flexibility index (Phi) is 53.7. The van der Waals surface area contributed by atoms with Crippen molar-refractivity contribution in [3.8, 4) is 0 Å². The number of carboxylic acids is 1. The van der Waals surface area contributed by atoms with Crippen LogP contribution in [0.1, 0.15) is 137 Å². The summed E-state index contributed by atoms with van der Waals surface area (Å²) >= 11 is 0. The first-order valence-electron chi connectivity index (χ1n) is 46.1. The second kappa shape index (κ2) is 63.5. The molecule has 0 saturated carbocycles. The maximum atomic E-state index is 15.7. The Hall–Kier alpha value is -12.4. The molecule has 0 spiro atoms. The third kappa shape index (κ3) is 45.2. The van der Waals surface area contributed by atoms with Crippen LogP contribution in [0.25, 0.3) is 0 Å². The average molecular weight is 2110 g/mol. The number of nitrogens with two attached hydrogens (primary N) is 5. The molecule has 790 valence electrons. The van der Waals surface area contributed by atoms with Gasteiger partial charge in [-0.25, -0.2) is 0 Å². The summed E-state index contributed by atoms with van der Waals surface area (Å²) in [6.45, 7) is 7.59. The molecule has 5 rings (SSSR count). The van der Waals surface area contributed by atoms with Gasteiger partial charge in [0.05, 0.1) is 13.1 Å². The van der Waals surface area contributed by atoms with Crippen molar-refractivity contribution in [2.24, 2.45) is 46.4 Å². The highest BCUT2D eigenvalue weighted by molar-refractivity contribution is 8.77. The first kappa shape index (κ1) is 120. The number of carbonyl (C=O) groups excluding carboxylic acids is 18. The van der Waals surface area contributed by atoms with Crippen LogP contribution in [0.15, 0.2) is 30.3 Å². The summed E-state index contributed by atoms with van der Waals surface area (Å²) < 4.78 is 0. The summed E-state index contributed by atoms with van der Waals surface area (Å²) in [5, 5.41) is 109. The van der Waals surface area contributed by atoms with Crippen molar-refractivity contribution in [3.63, 3.8) is 0 Å². The van der Waals surface area contributed by atoms with E-state index in [1.165, 1.54) is 6.92 Å². The summed E-state index contributed by atoms with van der Waals surface area (Å²) in [6, 6.07) is -19.0. The van der Waals surface area contributed by atoms with Gasteiger partial charge in [-0.2, -0.15) is 0 Å². The Bertz CT molecular complexity index is 4580. The third-order valence-corrected chi connectivity index (χ3v) is 29.3. The van der Waals surface area contributed by atoms with E-state index in [1.807, 2.05) is 0 Å². The number of guanidine groups is 5. The van der Waals surface area contributed by atoms with Gasteiger partial charge in [-0.3, -0.25) is 118 Å². The quantitative estimate of drug-likeness (QED) is 0.0147. The molecular weight excluding hydrogens is 1970 g/mol. The summed E-state index contributed by atoms with van der Waals surface area (Å²) in [5.74, 6) is -28.3. The van der Waals surface area contributed by atoms with Crippen LogP contribution in [-0.4, -0.2) is 324 Å². The smallest absolute Gasteiger partial charge is 0.303 e. The number of nitrogens with one attached hydrogen (secondary N) is 28. The molecule has 1 aromatic carbocycles. The van der Waals surface area contributed by atoms with E-state index in [2.05, 4.69) is 122 Å². The molecule has 4 aliphatic rings. The van der Waals surface area contributed by atoms with Gasteiger partial charge in [0.25, 0.3) is 0 Å². The normalized spacial score (nSPS) is 25.6. The van der Waals surface area contributed by atoms with E-state index in [1.54, 1.807) is 65.0 Å². The molecule has 18 amide bonds. The molecule has 0 unspecified atom stereocenters. The fraction of sp³-hybridized carbons (Fsp3) is 0.639. The van der Waals surface area contributed by atoms with Crippen LogP contribution in [0.5, 0.6) is 0 Å². The van der Waals surface area contributed by atoms with Gasteiger partial charge in [0.15, 0.2) is 29.8 Å². The highest BCUT2D eigenvalue weighted by Crippen LogP contribution is 2.28. The number of hydrogen-bond donors (Lipinski definition) is 34. The van der Waals surface area contributed by atoms with E-state index in [0.717, 1.165) is 64.8 Å². The molecule has 4 fully saturated rings. The van der Waals surface area contributed by atoms with Crippen molar-refractivity contribution in [1.29, 1.82) is 27.0 Å². The van der Waals surface area contributed by atoms with E-state index in [-0.39, 0.29) is 116 Å². The van der Waals surface area contributed by atoms with Crippen LogP contribution in [0.4, 0.5) is 0 Å². The molecule has 142 heavy (non-hydrogen) atoms. The predicted octanol–water partition coefficient (Wildman–Crippen LogP) is -8.65. The molecule has 4 heterocycles. The van der Waals surface area contributed by atoms with Crippen LogP contribution < -0.4 is 151 Å². The molecule has 59 heteroatoms. The highest BCUT2D eigenvalue weighted by Gasteiger charge is 2.42. The van der Waals surface area contributed by atoms with Gasteiger partial charge in [0, 0.05) is 80.1 Å².